The first-order valence-corrected chi connectivity index (χ1v) is 7.66. The van der Waals surface area contributed by atoms with Crippen LogP contribution in [0, 0.1) is 11.3 Å². The molecule has 0 aliphatic rings. The van der Waals surface area contributed by atoms with E-state index >= 15 is 0 Å². The Morgan fingerprint density at radius 3 is 3.00 bits per heavy atom. The number of nitriles is 1. The van der Waals surface area contributed by atoms with E-state index in [1.807, 2.05) is 22.3 Å². The summed E-state index contributed by atoms with van der Waals surface area (Å²) in [5, 5.41) is 12.5. The number of nitrogens with one attached hydrogen (secondary N) is 1. The topological polar surface area (TPSA) is 57.8 Å². The largest absolute Gasteiger partial charge is 0.329 e. The molecule has 0 fully saturated rings. The Bertz CT molecular complexity index is 587. The summed E-state index contributed by atoms with van der Waals surface area (Å²) in [6, 6.07) is 7.53. The van der Waals surface area contributed by atoms with E-state index in [4.69, 9.17) is 5.26 Å². The highest BCUT2D eigenvalue weighted by molar-refractivity contribution is 14.2. The second kappa shape index (κ2) is 4.76. The molecule has 0 radical (unpaired) electrons. The van der Waals surface area contributed by atoms with Crippen molar-refractivity contribution in [2.24, 2.45) is 0 Å². The summed E-state index contributed by atoms with van der Waals surface area (Å²) in [5.41, 5.74) is 2.11. The van der Waals surface area contributed by atoms with Gasteiger partial charge in [0.25, 0.3) is 0 Å². The van der Waals surface area contributed by atoms with Gasteiger partial charge < -0.3 is 5.32 Å². The van der Waals surface area contributed by atoms with Crippen LogP contribution < -0.4 is 5.32 Å². The van der Waals surface area contributed by atoms with Crippen molar-refractivity contribution in [1.29, 1.82) is 5.26 Å². The van der Waals surface area contributed by atoms with Gasteiger partial charge in [-0.25, -0.2) is 0 Å². The SMILES string of the molecule is N#Cc1cc(NC=O)cc2c1ccn2SI. The fraction of sp³-hybridized carbons (Fsp3) is 0. The fourth-order valence-electron chi connectivity index (χ4n) is 1.52. The van der Waals surface area contributed by atoms with Gasteiger partial charge in [0.05, 0.1) is 17.1 Å². The Balaban J connectivity index is 2.72. The number of carbonyl (C=O) groups excluding carboxylic acids is 1. The van der Waals surface area contributed by atoms with E-state index in [1.165, 1.54) is 9.12 Å². The van der Waals surface area contributed by atoms with Gasteiger partial charge in [0.15, 0.2) is 0 Å². The molecule has 4 nitrogen and oxygen atoms in total. The predicted octanol–water partition coefficient (Wildman–Crippen LogP) is 2.93. The van der Waals surface area contributed by atoms with Crippen LogP contribution in [0.25, 0.3) is 10.9 Å². The van der Waals surface area contributed by atoms with Crippen LogP contribution in [0.2, 0.25) is 0 Å². The lowest BCUT2D eigenvalue weighted by Crippen LogP contribution is -1.95. The Kier molecular flexibility index (Phi) is 3.36. The van der Waals surface area contributed by atoms with Crippen LogP contribution in [0.5, 0.6) is 0 Å². The van der Waals surface area contributed by atoms with Gasteiger partial charge in [0.2, 0.25) is 6.41 Å². The molecule has 0 aliphatic carbocycles. The van der Waals surface area contributed by atoms with E-state index in [0.29, 0.717) is 17.7 Å². The van der Waals surface area contributed by atoms with Crippen LogP contribution in [0.4, 0.5) is 5.69 Å². The van der Waals surface area contributed by atoms with Gasteiger partial charge in [-0.05, 0) is 18.2 Å². The molecular formula is C10H6IN3OS. The molecule has 0 bridgehead atoms. The minimum Gasteiger partial charge on any atom is -0.329 e. The second-order valence-corrected chi connectivity index (χ2v) is 4.75. The molecule has 0 aliphatic heterocycles. The summed E-state index contributed by atoms with van der Waals surface area (Å²) in [6.07, 6.45) is 2.50. The van der Waals surface area contributed by atoms with E-state index in [-0.39, 0.29) is 0 Å². The zero-order chi connectivity index (χ0) is 11.5. The normalized spacial score (nSPS) is 10.0. The lowest BCUT2D eigenvalue weighted by molar-refractivity contribution is -0.105. The summed E-state index contributed by atoms with van der Waals surface area (Å²) in [5.74, 6) is 0. The van der Waals surface area contributed by atoms with Crippen molar-refractivity contribution < 1.29 is 4.79 Å². The molecule has 2 rings (SSSR count). The van der Waals surface area contributed by atoms with Crippen LogP contribution in [0.1, 0.15) is 5.56 Å². The Morgan fingerprint density at radius 1 is 1.56 bits per heavy atom. The Morgan fingerprint density at radius 2 is 2.38 bits per heavy atom. The highest BCUT2D eigenvalue weighted by atomic mass is 127. The lowest BCUT2D eigenvalue weighted by Gasteiger charge is -2.03. The number of aromatic nitrogens is 1. The molecule has 1 amide bonds. The van der Waals surface area contributed by atoms with Crippen molar-refractivity contribution >= 4 is 53.3 Å². The summed E-state index contributed by atoms with van der Waals surface area (Å²) in [4.78, 5) is 10.4. The molecule has 0 spiro atoms. The maximum absolute atomic E-state index is 10.4. The number of rotatable bonds is 3. The van der Waals surface area contributed by atoms with Crippen LogP contribution in [-0.4, -0.2) is 10.4 Å². The quantitative estimate of drug-likeness (QED) is 0.689. The van der Waals surface area contributed by atoms with Crippen LogP contribution in [-0.2, 0) is 4.79 Å². The van der Waals surface area contributed by atoms with E-state index in [0.717, 1.165) is 10.9 Å². The molecule has 1 aromatic carbocycles. The number of halogens is 1. The maximum atomic E-state index is 10.4. The van der Waals surface area contributed by atoms with Gasteiger partial charge in [0.1, 0.15) is 0 Å². The predicted molar refractivity (Wildman–Crippen MR) is 73.3 cm³/mol. The van der Waals surface area contributed by atoms with Crippen molar-refractivity contribution in [3.63, 3.8) is 0 Å². The van der Waals surface area contributed by atoms with Gasteiger partial charge in [-0.15, -0.1) is 0 Å². The van der Waals surface area contributed by atoms with E-state index in [9.17, 15) is 4.79 Å². The molecule has 0 saturated carbocycles. The average Bonchev–Trinajstić information content (AvgIpc) is 2.71. The number of anilines is 1. The van der Waals surface area contributed by atoms with Gasteiger partial charge in [-0.3, -0.25) is 8.77 Å². The molecule has 1 heterocycles. The van der Waals surface area contributed by atoms with Gasteiger partial charge >= 0.3 is 0 Å². The molecule has 1 N–H and O–H groups in total. The highest BCUT2D eigenvalue weighted by Crippen LogP contribution is 2.29. The highest BCUT2D eigenvalue weighted by Gasteiger charge is 2.07. The fourth-order valence-corrected chi connectivity index (χ4v) is 2.88. The number of hydrogen-bond donors (Lipinski definition) is 1. The zero-order valence-electron chi connectivity index (χ0n) is 7.98. The number of hydrogen-bond acceptors (Lipinski definition) is 3. The molecule has 2 aromatic rings. The third kappa shape index (κ3) is 1.88. The van der Waals surface area contributed by atoms with E-state index < -0.39 is 0 Å². The third-order valence-corrected chi connectivity index (χ3v) is 3.93. The van der Waals surface area contributed by atoms with Gasteiger partial charge in [0, 0.05) is 47.6 Å². The number of fused-ring (bicyclic) bond motifs is 1. The van der Waals surface area contributed by atoms with Crippen LogP contribution in [0.15, 0.2) is 24.4 Å². The number of nitrogens with zero attached hydrogens (tertiary/aromatic N) is 2. The summed E-state index contributed by atoms with van der Waals surface area (Å²) < 4.78 is 1.94. The van der Waals surface area contributed by atoms with E-state index in [2.05, 4.69) is 32.6 Å². The molecule has 0 unspecified atom stereocenters. The molecule has 16 heavy (non-hydrogen) atoms. The van der Waals surface area contributed by atoms with Gasteiger partial charge in [-0.2, -0.15) is 5.26 Å². The van der Waals surface area contributed by atoms with Gasteiger partial charge in [-0.1, -0.05) is 0 Å². The number of carbonyl (C=O) groups is 1. The van der Waals surface area contributed by atoms with Crippen molar-refractivity contribution in [1.82, 2.24) is 3.97 Å². The van der Waals surface area contributed by atoms with Crippen LogP contribution in [0.3, 0.4) is 0 Å². The molecule has 1 aromatic heterocycles. The number of amides is 1. The van der Waals surface area contributed by atoms with Crippen molar-refractivity contribution in [2.45, 2.75) is 0 Å². The van der Waals surface area contributed by atoms with Crippen molar-refractivity contribution in [2.75, 3.05) is 5.32 Å². The molecule has 0 atom stereocenters. The first kappa shape index (κ1) is 11.3. The third-order valence-electron chi connectivity index (χ3n) is 2.19. The maximum Gasteiger partial charge on any atom is 0.211 e. The minimum absolute atomic E-state index is 0.561. The first-order chi connectivity index (χ1) is 7.80. The Labute approximate surface area is 108 Å². The standard InChI is InChI=1S/C10H6IN3OS/c11-16-14-2-1-9-7(5-12)3-8(13-6-15)4-10(9)14/h1-4,6H,(H,13,15). The molecule has 0 saturated heterocycles. The summed E-state index contributed by atoms with van der Waals surface area (Å²) in [6.45, 7) is 0. The van der Waals surface area contributed by atoms with E-state index in [1.54, 1.807) is 6.07 Å². The average molecular weight is 343 g/mol. The second-order valence-electron chi connectivity index (χ2n) is 3.04. The minimum atomic E-state index is 0.561. The Hall–Kier alpha value is -1.20. The zero-order valence-corrected chi connectivity index (χ0v) is 10.9. The first-order valence-electron chi connectivity index (χ1n) is 4.34. The number of benzene rings is 1. The smallest absolute Gasteiger partial charge is 0.211 e. The van der Waals surface area contributed by atoms with Crippen molar-refractivity contribution in [3.8, 4) is 6.07 Å². The molecule has 80 valence electrons. The summed E-state index contributed by atoms with van der Waals surface area (Å²) >= 11 is 2.16. The lowest BCUT2D eigenvalue weighted by atomic mass is 10.1. The van der Waals surface area contributed by atoms with Crippen LogP contribution >= 0.6 is 30.3 Å². The van der Waals surface area contributed by atoms with Crippen molar-refractivity contribution in [3.05, 3.63) is 30.0 Å². The summed E-state index contributed by atoms with van der Waals surface area (Å²) in [7, 11) is 1.51. The molecule has 6 heteroatoms. The monoisotopic (exact) mass is 343 g/mol. The molecular weight excluding hydrogens is 337 g/mol.